The zero-order chi connectivity index (χ0) is 15.5. The highest BCUT2D eigenvalue weighted by Gasteiger charge is 2.42. The molecule has 0 saturated heterocycles. The second-order valence-electron chi connectivity index (χ2n) is 5.33. The van der Waals surface area contributed by atoms with E-state index in [1.807, 2.05) is 13.0 Å². The van der Waals surface area contributed by atoms with E-state index in [1.165, 1.54) is 0 Å². The third-order valence-corrected chi connectivity index (χ3v) is 5.82. The Kier molecular flexibility index (Phi) is 5.83. The molecule has 116 valence electrons. The number of rotatable bonds is 5. The van der Waals surface area contributed by atoms with Gasteiger partial charge in [0.05, 0.1) is 5.02 Å². The van der Waals surface area contributed by atoms with Gasteiger partial charge >= 0.3 is 5.97 Å². The minimum atomic E-state index is -0.810. The van der Waals surface area contributed by atoms with E-state index in [9.17, 15) is 9.90 Å². The van der Waals surface area contributed by atoms with Crippen molar-refractivity contribution in [1.82, 2.24) is 5.32 Å². The summed E-state index contributed by atoms with van der Waals surface area (Å²) in [6.45, 7) is 2.59. The molecule has 2 atom stereocenters. The lowest BCUT2D eigenvalue weighted by Crippen LogP contribution is -2.55. The molecule has 0 radical (unpaired) electrons. The summed E-state index contributed by atoms with van der Waals surface area (Å²) < 4.78 is 0. The molecule has 2 N–H and O–H groups in total. The van der Waals surface area contributed by atoms with Gasteiger partial charge in [-0.25, -0.2) is 0 Å². The molecule has 1 aliphatic rings. The number of hydrogen-bond acceptors (Lipinski definition) is 3. The molecule has 3 nitrogen and oxygen atoms in total. The van der Waals surface area contributed by atoms with E-state index in [4.69, 9.17) is 23.2 Å². The summed E-state index contributed by atoms with van der Waals surface area (Å²) in [6, 6.07) is 5.39. The Morgan fingerprint density at radius 1 is 1.52 bits per heavy atom. The fourth-order valence-corrected chi connectivity index (χ4v) is 4.72. The molecule has 6 heteroatoms. The molecule has 1 saturated carbocycles. The summed E-state index contributed by atoms with van der Waals surface area (Å²) in [5, 5.41) is 14.3. The third kappa shape index (κ3) is 4.07. The maximum atomic E-state index is 11.7. The van der Waals surface area contributed by atoms with Gasteiger partial charge in [-0.05, 0) is 50.4 Å². The van der Waals surface area contributed by atoms with E-state index in [0.717, 1.165) is 17.7 Å². The van der Waals surface area contributed by atoms with Gasteiger partial charge in [0.2, 0.25) is 0 Å². The van der Waals surface area contributed by atoms with Gasteiger partial charge in [0, 0.05) is 15.2 Å². The predicted molar refractivity (Wildman–Crippen MR) is 88.6 cm³/mol. The summed E-state index contributed by atoms with van der Waals surface area (Å²) in [5.41, 5.74) is -0.810. The van der Waals surface area contributed by atoms with Gasteiger partial charge in [0.25, 0.3) is 0 Å². The van der Waals surface area contributed by atoms with Gasteiger partial charge in [0.15, 0.2) is 0 Å². The smallest absolute Gasteiger partial charge is 0.323 e. The number of carboxylic acid groups (broad SMARTS) is 1. The van der Waals surface area contributed by atoms with Crippen LogP contribution in [0.2, 0.25) is 10.0 Å². The number of nitrogens with one attached hydrogen (secondary N) is 1. The number of likely N-dealkylation sites (N-methyl/N-ethyl adjacent to an activating group) is 1. The van der Waals surface area contributed by atoms with Crippen LogP contribution >= 0.6 is 35.0 Å². The van der Waals surface area contributed by atoms with Gasteiger partial charge in [-0.1, -0.05) is 30.1 Å². The monoisotopic (exact) mass is 347 g/mol. The minimum Gasteiger partial charge on any atom is -0.480 e. The Labute approximate surface area is 139 Å². The van der Waals surface area contributed by atoms with E-state index in [-0.39, 0.29) is 5.25 Å². The van der Waals surface area contributed by atoms with Crippen LogP contribution in [-0.4, -0.2) is 28.4 Å². The first-order chi connectivity index (χ1) is 9.97. The summed E-state index contributed by atoms with van der Waals surface area (Å²) in [6.07, 6.45) is 3.17. The van der Waals surface area contributed by atoms with Crippen LogP contribution in [0.4, 0.5) is 0 Å². The van der Waals surface area contributed by atoms with Crippen LogP contribution in [0.5, 0.6) is 0 Å². The number of thioether (sulfide) groups is 1. The molecular weight excluding hydrogens is 329 g/mol. The van der Waals surface area contributed by atoms with Gasteiger partial charge in [-0.3, -0.25) is 4.79 Å². The second kappa shape index (κ2) is 7.23. The average molecular weight is 348 g/mol. The van der Waals surface area contributed by atoms with Crippen molar-refractivity contribution in [3.05, 3.63) is 28.2 Å². The molecule has 0 aromatic heterocycles. The topological polar surface area (TPSA) is 49.3 Å². The third-order valence-electron chi connectivity index (χ3n) is 3.82. The fraction of sp³-hybridized carbons (Fsp3) is 0.533. The molecule has 21 heavy (non-hydrogen) atoms. The zero-order valence-corrected chi connectivity index (χ0v) is 14.2. The maximum Gasteiger partial charge on any atom is 0.323 e. The molecule has 2 unspecified atom stereocenters. The molecule has 1 aliphatic carbocycles. The largest absolute Gasteiger partial charge is 0.480 e. The highest BCUT2D eigenvalue weighted by Crippen LogP contribution is 2.41. The average Bonchev–Trinajstić information content (AvgIpc) is 2.43. The van der Waals surface area contributed by atoms with E-state index < -0.39 is 11.5 Å². The fourth-order valence-electron chi connectivity index (χ4n) is 2.84. The van der Waals surface area contributed by atoms with Gasteiger partial charge in [-0.2, -0.15) is 0 Å². The van der Waals surface area contributed by atoms with Crippen LogP contribution in [0.1, 0.15) is 32.6 Å². The zero-order valence-electron chi connectivity index (χ0n) is 11.9. The van der Waals surface area contributed by atoms with Crippen LogP contribution in [0.3, 0.4) is 0 Å². The van der Waals surface area contributed by atoms with Crippen molar-refractivity contribution in [2.24, 2.45) is 0 Å². The molecule has 2 rings (SSSR count). The minimum absolute atomic E-state index is 0.227. The Bertz CT molecular complexity index is 522. The Morgan fingerprint density at radius 3 is 2.95 bits per heavy atom. The standard InChI is InChI=1S/C15H19Cl2NO2S/c1-2-18-15(14(19)20)7-3-4-11(9-15)21-13-8-10(16)5-6-12(13)17/h5-6,8,11,18H,2-4,7,9H2,1H3,(H,19,20). The van der Waals surface area contributed by atoms with Crippen LogP contribution in [0.15, 0.2) is 23.1 Å². The lowest BCUT2D eigenvalue weighted by Gasteiger charge is -2.38. The maximum absolute atomic E-state index is 11.7. The summed E-state index contributed by atoms with van der Waals surface area (Å²) >= 11 is 13.8. The predicted octanol–water partition coefficient (Wildman–Crippen LogP) is 4.46. The number of carbonyl (C=O) groups is 1. The van der Waals surface area contributed by atoms with Crippen LogP contribution < -0.4 is 5.32 Å². The first-order valence-corrected chi connectivity index (χ1v) is 8.70. The van der Waals surface area contributed by atoms with Crippen molar-refractivity contribution in [2.45, 2.75) is 48.3 Å². The number of halogens is 2. The molecule has 1 aromatic rings. The molecule has 0 bridgehead atoms. The van der Waals surface area contributed by atoms with E-state index >= 15 is 0 Å². The number of benzene rings is 1. The number of aliphatic carboxylic acids is 1. The molecule has 0 amide bonds. The Hall–Kier alpha value is -0.420. The Morgan fingerprint density at radius 2 is 2.29 bits per heavy atom. The molecule has 1 fully saturated rings. The lowest BCUT2D eigenvalue weighted by molar-refractivity contribution is -0.146. The Balaban J connectivity index is 2.13. The normalized spacial score (nSPS) is 25.8. The highest BCUT2D eigenvalue weighted by atomic mass is 35.5. The van der Waals surface area contributed by atoms with Crippen molar-refractivity contribution in [3.63, 3.8) is 0 Å². The van der Waals surface area contributed by atoms with Crippen LogP contribution in [0.25, 0.3) is 0 Å². The summed E-state index contributed by atoms with van der Waals surface area (Å²) in [4.78, 5) is 12.6. The number of carboxylic acids is 1. The van der Waals surface area contributed by atoms with Crippen molar-refractivity contribution in [3.8, 4) is 0 Å². The van der Waals surface area contributed by atoms with Crippen molar-refractivity contribution in [1.29, 1.82) is 0 Å². The van der Waals surface area contributed by atoms with Crippen molar-refractivity contribution < 1.29 is 9.90 Å². The molecule has 1 aromatic carbocycles. The number of hydrogen-bond donors (Lipinski definition) is 2. The second-order valence-corrected chi connectivity index (χ2v) is 7.51. The quantitative estimate of drug-likeness (QED) is 0.825. The van der Waals surface area contributed by atoms with Crippen LogP contribution in [0, 0.1) is 0 Å². The molecule has 0 spiro atoms. The lowest BCUT2D eigenvalue weighted by atomic mass is 9.81. The van der Waals surface area contributed by atoms with E-state index in [0.29, 0.717) is 29.4 Å². The van der Waals surface area contributed by atoms with Gasteiger partial charge < -0.3 is 10.4 Å². The molecule has 0 aliphatic heterocycles. The van der Waals surface area contributed by atoms with E-state index in [2.05, 4.69) is 5.32 Å². The van der Waals surface area contributed by atoms with E-state index in [1.54, 1.807) is 23.9 Å². The van der Waals surface area contributed by atoms with Gasteiger partial charge in [0.1, 0.15) is 5.54 Å². The SMILES string of the molecule is CCNC1(C(=O)O)CCCC(Sc2cc(Cl)ccc2Cl)C1. The van der Waals surface area contributed by atoms with Crippen molar-refractivity contribution in [2.75, 3.05) is 6.54 Å². The highest BCUT2D eigenvalue weighted by molar-refractivity contribution is 8.00. The molecule has 0 heterocycles. The van der Waals surface area contributed by atoms with Crippen LogP contribution in [-0.2, 0) is 4.79 Å². The first kappa shape index (κ1) is 16.9. The summed E-state index contributed by atoms with van der Waals surface area (Å²) in [7, 11) is 0. The van der Waals surface area contributed by atoms with Gasteiger partial charge in [-0.15, -0.1) is 11.8 Å². The molecular formula is C15H19Cl2NO2S. The van der Waals surface area contributed by atoms with Crippen molar-refractivity contribution >= 4 is 40.9 Å². The first-order valence-electron chi connectivity index (χ1n) is 7.07. The summed E-state index contributed by atoms with van der Waals surface area (Å²) in [5.74, 6) is -0.758.